The number of hydrogen-bond donors (Lipinski definition) is 2. The summed E-state index contributed by atoms with van der Waals surface area (Å²) in [6, 6.07) is -0.107. The summed E-state index contributed by atoms with van der Waals surface area (Å²) in [5.74, 6) is 0.266. The highest BCUT2D eigenvalue weighted by Gasteiger charge is 2.25. The second-order valence-electron chi connectivity index (χ2n) is 4.33. The van der Waals surface area contributed by atoms with E-state index in [2.05, 4.69) is 27.7 Å². The second-order valence-corrected chi connectivity index (χ2v) is 4.33. The van der Waals surface area contributed by atoms with Crippen LogP contribution in [0.15, 0.2) is 0 Å². The molecule has 1 unspecified atom stereocenters. The molecule has 0 amide bonds. The molecule has 2 nitrogen and oxygen atoms in total. The number of nitrogens with one attached hydrogen (secondary N) is 1. The fourth-order valence-electron chi connectivity index (χ4n) is 0.861. The van der Waals surface area contributed by atoms with E-state index in [0.29, 0.717) is 5.71 Å². The van der Waals surface area contributed by atoms with Gasteiger partial charge in [-0.3, -0.25) is 0 Å². The van der Waals surface area contributed by atoms with Crippen molar-refractivity contribution in [1.82, 2.24) is 0 Å². The lowest BCUT2D eigenvalue weighted by Crippen LogP contribution is -2.36. The van der Waals surface area contributed by atoms with Gasteiger partial charge in [0.15, 0.2) is 0 Å². The molecule has 0 spiro atoms. The molecular formula is C9H20N2. The van der Waals surface area contributed by atoms with Gasteiger partial charge in [-0.2, -0.15) is 0 Å². The van der Waals surface area contributed by atoms with Gasteiger partial charge in [0.25, 0.3) is 0 Å². The van der Waals surface area contributed by atoms with Crippen LogP contribution in [0.2, 0.25) is 0 Å². The van der Waals surface area contributed by atoms with Crippen LogP contribution in [-0.2, 0) is 0 Å². The van der Waals surface area contributed by atoms with Crippen molar-refractivity contribution >= 4 is 5.71 Å². The molecule has 0 aliphatic heterocycles. The Bertz CT molecular complexity index is 142. The van der Waals surface area contributed by atoms with Crippen LogP contribution in [0, 0.1) is 16.7 Å². The van der Waals surface area contributed by atoms with Gasteiger partial charge in [-0.05, 0) is 12.3 Å². The molecule has 0 aliphatic rings. The van der Waals surface area contributed by atoms with Gasteiger partial charge in [0.1, 0.15) is 0 Å². The Morgan fingerprint density at radius 3 is 1.73 bits per heavy atom. The van der Waals surface area contributed by atoms with E-state index in [0.717, 1.165) is 0 Å². The summed E-state index contributed by atoms with van der Waals surface area (Å²) in [7, 11) is 0. The van der Waals surface area contributed by atoms with Gasteiger partial charge in [-0.1, -0.05) is 27.7 Å². The predicted octanol–water partition coefficient (Wildman–Crippen LogP) is 2.04. The fourth-order valence-corrected chi connectivity index (χ4v) is 0.861. The molecule has 0 aromatic carbocycles. The van der Waals surface area contributed by atoms with Gasteiger partial charge in [0.05, 0.1) is 0 Å². The maximum Gasteiger partial charge on any atom is 0.0397 e. The van der Waals surface area contributed by atoms with Crippen molar-refractivity contribution in [2.24, 2.45) is 17.1 Å². The van der Waals surface area contributed by atoms with Gasteiger partial charge in [0.2, 0.25) is 0 Å². The van der Waals surface area contributed by atoms with Crippen molar-refractivity contribution in [3.8, 4) is 0 Å². The van der Waals surface area contributed by atoms with Crippen LogP contribution < -0.4 is 5.73 Å². The molecular weight excluding hydrogens is 136 g/mol. The van der Waals surface area contributed by atoms with E-state index in [1.54, 1.807) is 0 Å². The first-order valence-electron chi connectivity index (χ1n) is 4.10. The molecule has 0 aromatic heterocycles. The standard InChI is InChI=1S/C9H20N2/c1-6(9(3,4)5)8(11)7(2)10/h6-7,11H,10H2,1-5H3/t6?,7-/m0/s1. The summed E-state index contributed by atoms with van der Waals surface area (Å²) in [5, 5.41) is 7.68. The van der Waals surface area contributed by atoms with Crippen molar-refractivity contribution in [3.05, 3.63) is 0 Å². The maximum atomic E-state index is 7.68. The highest BCUT2D eigenvalue weighted by molar-refractivity contribution is 5.88. The molecule has 0 saturated heterocycles. The number of nitrogens with two attached hydrogens (primary N) is 1. The smallest absolute Gasteiger partial charge is 0.0397 e. The summed E-state index contributed by atoms with van der Waals surface area (Å²) in [6.45, 7) is 10.3. The Labute approximate surface area is 69.7 Å². The Balaban J connectivity index is 4.26. The summed E-state index contributed by atoms with van der Waals surface area (Å²) in [4.78, 5) is 0. The quantitative estimate of drug-likeness (QED) is 0.590. The van der Waals surface area contributed by atoms with E-state index in [-0.39, 0.29) is 17.4 Å². The predicted molar refractivity (Wildman–Crippen MR) is 50.0 cm³/mol. The summed E-state index contributed by atoms with van der Waals surface area (Å²) < 4.78 is 0. The molecule has 3 N–H and O–H groups in total. The van der Waals surface area contributed by atoms with Crippen LogP contribution in [0.1, 0.15) is 34.6 Å². The molecule has 2 atom stereocenters. The Morgan fingerprint density at radius 2 is 1.64 bits per heavy atom. The van der Waals surface area contributed by atoms with E-state index in [9.17, 15) is 0 Å². The average Bonchev–Trinajstić information content (AvgIpc) is 1.82. The minimum absolute atomic E-state index is 0.107. The zero-order chi connectivity index (χ0) is 9.23. The third-order valence-corrected chi connectivity index (χ3v) is 2.26. The summed E-state index contributed by atoms with van der Waals surface area (Å²) in [6.07, 6.45) is 0. The Kier molecular flexibility index (Phi) is 3.24. The van der Waals surface area contributed by atoms with Gasteiger partial charge in [-0.15, -0.1) is 0 Å². The normalized spacial score (nSPS) is 17.6. The molecule has 11 heavy (non-hydrogen) atoms. The zero-order valence-corrected chi connectivity index (χ0v) is 8.23. The van der Waals surface area contributed by atoms with Crippen LogP contribution in [0.3, 0.4) is 0 Å². The van der Waals surface area contributed by atoms with Crippen molar-refractivity contribution in [2.45, 2.75) is 40.7 Å². The molecule has 0 saturated carbocycles. The molecule has 0 rings (SSSR count). The van der Waals surface area contributed by atoms with Crippen molar-refractivity contribution in [3.63, 3.8) is 0 Å². The fraction of sp³-hybridized carbons (Fsp3) is 0.889. The zero-order valence-electron chi connectivity index (χ0n) is 8.23. The monoisotopic (exact) mass is 156 g/mol. The third-order valence-electron chi connectivity index (χ3n) is 2.26. The second kappa shape index (κ2) is 3.35. The Hall–Kier alpha value is -0.370. The molecule has 0 heterocycles. The maximum absolute atomic E-state index is 7.68. The lowest BCUT2D eigenvalue weighted by molar-refractivity contribution is 0.327. The van der Waals surface area contributed by atoms with Crippen LogP contribution >= 0.6 is 0 Å². The van der Waals surface area contributed by atoms with E-state index in [1.807, 2.05) is 6.92 Å². The van der Waals surface area contributed by atoms with Gasteiger partial charge < -0.3 is 11.1 Å². The molecule has 0 fully saturated rings. The van der Waals surface area contributed by atoms with Gasteiger partial charge >= 0.3 is 0 Å². The van der Waals surface area contributed by atoms with Crippen LogP contribution in [0.5, 0.6) is 0 Å². The number of hydrogen-bond acceptors (Lipinski definition) is 2. The van der Waals surface area contributed by atoms with E-state index in [1.165, 1.54) is 0 Å². The van der Waals surface area contributed by atoms with Crippen LogP contribution in [0.25, 0.3) is 0 Å². The molecule has 66 valence electrons. The topological polar surface area (TPSA) is 49.9 Å². The first kappa shape index (κ1) is 10.6. The number of rotatable bonds is 2. The average molecular weight is 156 g/mol. The van der Waals surface area contributed by atoms with Crippen molar-refractivity contribution in [2.75, 3.05) is 0 Å². The van der Waals surface area contributed by atoms with E-state index in [4.69, 9.17) is 11.1 Å². The van der Waals surface area contributed by atoms with Gasteiger partial charge in [0, 0.05) is 17.7 Å². The summed E-state index contributed by atoms with van der Waals surface area (Å²) >= 11 is 0. The highest BCUT2D eigenvalue weighted by atomic mass is 14.7. The van der Waals surface area contributed by atoms with E-state index >= 15 is 0 Å². The van der Waals surface area contributed by atoms with Gasteiger partial charge in [-0.25, -0.2) is 0 Å². The first-order valence-corrected chi connectivity index (χ1v) is 4.10. The molecule has 2 heteroatoms. The lowest BCUT2D eigenvalue weighted by Gasteiger charge is -2.29. The largest absolute Gasteiger partial charge is 0.323 e. The van der Waals surface area contributed by atoms with E-state index < -0.39 is 0 Å². The van der Waals surface area contributed by atoms with Crippen molar-refractivity contribution < 1.29 is 0 Å². The SMILES string of the molecule is CC(C(=N)[C@H](C)N)C(C)(C)C. The molecule has 0 bridgehead atoms. The molecule has 0 aliphatic carbocycles. The highest BCUT2D eigenvalue weighted by Crippen LogP contribution is 2.26. The van der Waals surface area contributed by atoms with Crippen LogP contribution in [-0.4, -0.2) is 11.8 Å². The summed E-state index contributed by atoms with van der Waals surface area (Å²) in [5.41, 5.74) is 6.42. The lowest BCUT2D eigenvalue weighted by atomic mass is 9.77. The van der Waals surface area contributed by atoms with Crippen LogP contribution in [0.4, 0.5) is 0 Å². The third kappa shape index (κ3) is 3.02. The first-order chi connectivity index (χ1) is 4.76. The minimum Gasteiger partial charge on any atom is -0.323 e. The minimum atomic E-state index is -0.107. The molecule has 0 radical (unpaired) electrons. The van der Waals surface area contributed by atoms with Crippen molar-refractivity contribution in [1.29, 1.82) is 5.41 Å². The molecule has 0 aromatic rings. The Morgan fingerprint density at radius 1 is 1.27 bits per heavy atom.